The van der Waals surface area contributed by atoms with Crippen molar-refractivity contribution in [2.75, 3.05) is 57.8 Å². The van der Waals surface area contributed by atoms with E-state index >= 15 is 0 Å². The summed E-state index contributed by atoms with van der Waals surface area (Å²) in [5.41, 5.74) is 1.20. The van der Waals surface area contributed by atoms with Gasteiger partial charge in [0.05, 0.1) is 7.11 Å². The Morgan fingerprint density at radius 3 is 2.70 bits per heavy atom. The Morgan fingerprint density at radius 1 is 1.27 bits per heavy atom. The molecule has 1 aliphatic rings. The van der Waals surface area contributed by atoms with E-state index in [4.69, 9.17) is 9.73 Å². The summed E-state index contributed by atoms with van der Waals surface area (Å²) in [4.78, 5) is 21.2. The monoisotopic (exact) mass is 531 g/mol. The molecule has 1 aromatic carbocycles. The predicted octanol–water partition coefficient (Wildman–Crippen LogP) is 2.95. The molecule has 2 N–H and O–H groups in total. The van der Waals surface area contributed by atoms with Gasteiger partial charge in [0.1, 0.15) is 5.75 Å². The van der Waals surface area contributed by atoms with Crippen LogP contribution >= 0.6 is 24.0 Å². The number of aliphatic imine (C=N–C) groups is 1. The predicted molar refractivity (Wildman–Crippen MR) is 135 cm³/mol. The highest BCUT2D eigenvalue weighted by atomic mass is 127. The zero-order valence-electron chi connectivity index (χ0n) is 18.8. The fourth-order valence-electron chi connectivity index (χ4n) is 3.61. The van der Waals surface area contributed by atoms with Gasteiger partial charge in [0.15, 0.2) is 5.96 Å². The van der Waals surface area contributed by atoms with Crippen LogP contribution in [0.2, 0.25) is 0 Å². The highest BCUT2D eigenvalue weighted by Crippen LogP contribution is 2.26. The molecule has 1 heterocycles. The molecule has 2 rings (SSSR count). The molecule has 1 atom stereocenters. The first kappa shape index (κ1) is 26.3. The number of amides is 1. The molecule has 0 bridgehead atoms. The summed E-state index contributed by atoms with van der Waals surface area (Å²) >= 11 is 0. The number of guanidine groups is 1. The van der Waals surface area contributed by atoms with Crippen molar-refractivity contribution in [3.05, 3.63) is 24.3 Å². The maximum Gasteiger partial charge on any atom is 0.224 e. The molecular formula is C22H38IN5O2. The lowest BCUT2D eigenvalue weighted by atomic mass is 10.1. The van der Waals surface area contributed by atoms with E-state index in [1.54, 1.807) is 7.11 Å². The molecule has 1 unspecified atom stereocenters. The van der Waals surface area contributed by atoms with Gasteiger partial charge in [0.25, 0.3) is 0 Å². The molecule has 7 nitrogen and oxygen atoms in total. The van der Waals surface area contributed by atoms with Crippen molar-refractivity contribution in [1.82, 2.24) is 15.5 Å². The summed E-state index contributed by atoms with van der Waals surface area (Å²) < 4.78 is 5.34. The SMILES string of the molecule is CCNC(=NCC1CCN(c2cccc(OC)c2)C1)NCCC(=O)N(CC)CC.I. The molecule has 1 aliphatic heterocycles. The van der Waals surface area contributed by atoms with Crippen LogP contribution in [0.5, 0.6) is 5.75 Å². The van der Waals surface area contributed by atoms with Crippen molar-refractivity contribution in [3.63, 3.8) is 0 Å². The lowest BCUT2D eigenvalue weighted by molar-refractivity contribution is -0.130. The molecule has 1 amide bonds. The van der Waals surface area contributed by atoms with Gasteiger partial charge in [-0.25, -0.2) is 0 Å². The molecule has 0 radical (unpaired) electrons. The van der Waals surface area contributed by atoms with Crippen molar-refractivity contribution in [3.8, 4) is 5.75 Å². The number of methoxy groups -OCH3 is 1. The van der Waals surface area contributed by atoms with E-state index in [0.29, 0.717) is 18.9 Å². The zero-order chi connectivity index (χ0) is 21.1. The number of halogens is 1. The number of nitrogens with zero attached hydrogens (tertiary/aromatic N) is 3. The van der Waals surface area contributed by atoms with Crippen LogP contribution in [0.3, 0.4) is 0 Å². The average Bonchev–Trinajstić information content (AvgIpc) is 3.22. The van der Waals surface area contributed by atoms with Crippen molar-refractivity contribution >= 4 is 41.5 Å². The summed E-state index contributed by atoms with van der Waals surface area (Å²) in [5.74, 6) is 2.39. The van der Waals surface area contributed by atoms with Crippen LogP contribution in [0.1, 0.15) is 33.6 Å². The van der Waals surface area contributed by atoms with Gasteiger partial charge in [-0.15, -0.1) is 24.0 Å². The standard InChI is InChI=1S/C22H37N5O2.HI/c1-5-23-22(24-13-11-21(28)26(6-2)7-3)25-16-18-12-14-27(17-18)19-9-8-10-20(15-19)29-4;/h8-10,15,18H,5-7,11-14,16-17H2,1-4H3,(H2,23,24,25);1H. The van der Waals surface area contributed by atoms with Crippen molar-refractivity contribution in [2.24, 2.45) is 10.9 Å². The van der Waals surface area contributed by atoms with Gasteiger partial charge in [-0.3, -0.25) is 9.79 Å². The number of benzene rings is 1. The molecule has 1 aromatic rings. The number of anilines is 1. The van der Waals surface area contributed by atoms with Crippen LogP contribution in [0.25, 0.3) is 0 Å². The van der Waals surface area contributed by atoms with Gasteiger partial charge >= 0.3 is 0 Å². The molecule has 8 heteroatoms. The number of hydrogen-bond acceptors (Lipinski definition) is 4. The minimum absolute atomic E-state index is 0. The van der Waals surface area contributed by atoms with E-state index in [-0.39, 0.29) is 29.9 Å². The molecule has 1 fully saturated rings. The molecule has 0 spiro atoms. The van der Waals surface area contributed by atoms with Crippen LogP contribution in [-0.2, 0) is 4.79 Å². The first-order chi connectivity index (χ1) is 14.1. The summed E-state index contributed by atoms with van der Waals surface area (Å²) in [6, 6.07) is 8.23. The lowest BCUT2D eigenvalue weighted by Gasteiger charge is -2.20. The van der Waals surface area contributed by atoms with Gasteiger partial charge in [-0.2, -0.15) is 0 Å². The topological polar surface area (TPSA) is 69.2 Å². The number of nitrogens with one attached hydrogen (secondary N) is 2. The Bertz CT molecular complexity index is 667. The van der Waals surface area contributed by atoms with Crippen molar-refractivity contribution < 1.29 is 9.53 Å². The quantitative estimate of drug-likeness (QED) is 0.276. The second-order valence-corrected chi connectivity index (χ2v) is 7.26. The second-order valence-electron chi connectivity index (χ2n) is 7.26. The van der Waals surface area contributed by atoms with Crippen molar-refractivity contribution in [1.29, 1.82) is 0 Å². The Balaban J connectivity index is 0.00000450. The third kappa shape index (κ3) is 8.20. The van der Waals surface area contributed by atoms with Gasteiger partial charge in [-0.05, 0) is 45.2 Å². The Kier molecular flexibility index (Phi) is 12.6. The normalized spacial score (nSPS) is 16.1. The van der Waals surface area contributed by atoms with E-state index in [1.807, 2.05) is 30.9 Å². The molecule has 30 heavy (non-hydrogen) atoms. The van der Waals surface area contributed by atoms with Gasteiger partial charge in [0, 0.05) is 64.0 Å². The highest BCUT2D eigenvalue weighted by Gasteiger charge is 2.23. The first-order valence-electron chi connectivity index (χ1n) is 10.8. The number of ether oxygens (including phenoxy) is 1. The average molecular weight is 531 g/mol. The minimum Gasteiger partial charge on any atom is -0.497 e. The number of carbonyl (C=O) groups is 1. The maximum absolute atomic E-state index is 12.1. The number of rotatable bonds is 10. The van der Waals surface area contributed by atoms with Gasteiger partial charge < -0.3 is 25.2 Å². The summed E-state index contributed by atoms with van der Waals surface area (Å²) in [6.45, 7) is 11.8. The summed E-state index contributed by atoms with van der Waals surface area (Å²) in [5, 5.41) is 6.58. The third-order valence-electron chi connectivity index (χ3n) is 5.30. The molecule has 0 saturated carbocycles. The van der Waals surface area contributed by atoms with E-state index < -0.39 is 0 Å². The van der Waals surface area contributed by atoms with Gasteiger partial charge in [0.2, 0.25) is 5.91 Å². The molecule has 0 aliphatic carbocycles. The summed E-state index contributed by atoms with van der Waals surface area (Å²) in [6.07, 6.45) is 1.61. The van der Waals surface area contributed by atoms with E-state index in [1.165, 1.54) is 5.69 Å². The van der Waals surface area contributed by atoms with Crippen LogP contribution in [-0.4, -0.2) is 69.7 Å². The second kappa shape index (κ2) is 14.3. The third-order valence-corrected chi connectivity index (χ3v) is 5.30. The Morgan fingerprint density at radius 2 is 2.03 bits per heavy atom. The van der Waals surface area contributed by atoms with Crippen LogP contribution in [0.15, 0.2) is 29.3 Å². The number of carbonyl (C=O) groups excluding carboxylic acids is 1. The van der Waals surface area contributed by atoms with Crippen LogP contribution < -0.4 is 20.3 Å². The Hall–Kier alpha value is -1.71. The molecule has 1 saturated heterocycles. The number of hydrogen-bond donors (Lipinski definition) is 2. The molecular weight excluding hydrogens is 493 g/mol. The van der Waals surface area contributed by atoms with Crippen molar-refractivity contribution in [2.45, 2.75) is 33.6 Å². The minimum atomic E-state index is 0. The van der Waals surface area contributed by atoms with Crippen LogP contribution in [0.4, 0.5) is 5.69 Å². The molecule has 0 aromatic heterocycles. The van der Waals surface area contributed by atoms with Crippen LogP contribution in [0, 0.1) is 5.92 Å². The highest BCUT2D eigenvalue weighted by molar-refractivity contribution is 14.0. The largest absolute Gasteiger partial charge is 0.497 e. The van der Waals surface area contributed by atoms with Gasteiger partial charge in [-0.1, -0.05) is 6.07 Å². The fourth-order valence-corrected chi connectivity index (χ4v) is 3.61. The smallest absolute Gasteiger partial charge is 0.224 e. The summed E-state index contributed by atoms with van der Waals surface area (Å²) in [7, 11) is 1.70. The fraction of sp³-hybridized carbons (Fsp3) is 0.636. The maximum atomic E-state index is 12.1. The molecule has 170 valence electrons. The Labute approximate surface area is 198 Å². The lowest BCUT2D eigenvalue weighted by Crippen LogP contribution is -2.40. The van der Waals surface area contributed by atoms with E-state index in [2.05, 4.69) is 34.6 Å². The van der Waals surface area contributed by atoms with E-state index in [9.17, 15) is 4.79 Å². The first-order valence-corrected chi connectivity index (χ1v) is 10.8. The zero-order valence-corrected chi connectivity index (χ0v) is 21.1. The van der Waals surface area contributed by atoms with E-state index in [0.717, 1.165) is 57.4 Å².